The summed E-state index contributed by atoms with van der Waals surface area (Å²) in [6.45, 7) is 5.80. The van der Waals surface area contributed by atoms with Crippen molar-refractivity contribution in [2.75, 3.05) is 11.4 Å². The lowest BCUT2D eigenvalue weighted by Gasteiger charge is -2.28. The second-order valence-corrected chi connectivity index (χ2v) is 5.28. The molecule has 0 bridgehead atoms. The van der Waals surface area contributed by atoms with Crippen LogP contribution in [0.3, 0.4) is 0 Å². The van der Waals surface area contributed by atoms with Crippen LogP contribution in [0, 0.1) is 13.8 Å². The van der Waals surface area contributed by atoms with Crippen LogP contribution in [0.4, 0.5) is 5.82 Å². The minimum Gasteiger partial charge on any atom is -0.351 e. The zero-order chi connectivity index (χ0) is 13.7. The Morgan fingerprint density at radius 1 is 1.25 bits per heavy atom. The first-order valence-corrected chi connectivity index (χ1v) is 6.82. The van der Waals surface area contributed by atoms with Gasteiger partial charge >= 0.3 is 0 Å². The number of aromatic nitrogens is 5. The molecule has 3 aromatic rings. The fourth-order valence-electron chi connectivity index (χ4n) is 2.89. The van der Waals surface area contributed by atoms with Crippen molar-refractivity contribution in [3.8, 4) is 0 Å². The fraction of sp³-hybridized carbons (Fsp3) is 0.357. The molecule has 0 amide bonds. The molecule has 0 saturated carbocycles. The van der Waals surface area contributed by atoms with E-state index < -0.39 is 0 Å². The van der Waals surface area contributed by atoms with Crippen molar-refractivity contribution < 1.29 is 0 Å². The van der Waals surface area contributed by atoms with Crippen molar-refractivity contribution in [3.63, 3.8) is 0 Å². The Morgan fingerprint density at radius 2 is 2.15 bits per heavy atom. The highest BCUT2D eigenvalue weighted by Crippen LogP contribution is 2.28. The molecule has 20 heavy (non-hydrogen) atoms. The molecule has 1 aliphatic heterocycles. The van der Waals surface area contributed by atoms with Crippen LogP contribution in [-0.4, -0.2) is 31.7 Å². The van der Waals surface area contributed by atoms with E-state index in [0.717, 1.165) is 47.9 Å². The zero-order valence-electron chi connectivity index (χ0n) is 11.6. The summed E-state index contributed by atoms with van der Waals surface area (Å²) in [4.78, 5) is 14.6. The maximum atomic E-state index is 4.65. The first kappa shape index (κ1) is 11.5. The van der Waals surface area contributed by atoms with Crippen LogP contribution in [0.5, 0.6) is 0 Å². The lowest BCUT2D eigenvalue weighted by atomic mass is 10.1. The number of aryl methyl sites for hydroxylation is 2. The molecule has 0 atom stereocenters. The summed E-state index contributed by atoms with van der Waals surface area (Å²) in [5, 5.41) is 8.53. The third kappa shape index (κ3) is 1.61. The molecule has 4 rings (SSSR count). The van der Waals surface area contributed by atoms with Gasteiger partial charge in [0.15, 0.2) is 0 Å². The average Bonchev–Trinajstić information content (AvgIpc) is 3.05. The van der Waals surface area contributed by atoms with Gasteiger partial charge in [0.2, 0.25) is 0 Å². The molecule has 4 heterocycles. The van der Waals surface area contributed by atoms with Crippen molar-refractivity contribution in [2.24, 2.45) is 0 Å². The summed E-state index contributed by atoms with van der Waals surface area (Å²) in [5.41, 5.74) is 4.55. The second-order valence-electron chi connectivity index (χ2n) is 5.28. The molecule has 0 unspecified atom stereocenters. The van der Waals surface area contributed by atoms with Gasteiger partial charge in [-0.15, -0.1) is 0 Å². The molecular formula is C14H16N6. The van der Waals surface area contributed by atoms with E-state index in [4.69, 9.17) is 0 Å². The van der Waals surface area contributed by atoms with E-state index in [1.165, 1.54) is 11.3 Å². The van der Waals surface area contributed by atoms with Gasteiger partial charge in [-0.3, -0.25) is 5.10 Å². The summed E-state index contributed by atoms with van der Waals surface area (Å²) in [6, 6.07) is 2.04. The normalized spacial score (nSPS) is 14.8. The monoisotopic (exact) mass is 268 g/mol. The van der Waals surface area contributed by atoms with E-state index in [0.29, 0.717) is 0 Å². The van der Waals surface area contributed by atoms with Crippen molar-refractivity contribution in [3.05, 3.63) is 35.0 Å². The number of anilines is 1. The van der Waals surface area contributed by atoms with Crippen LogP contribution in [0.2, 0.25) is 0 Å². The number of hydrogen-bond acceptors (Lipinski definition) is 4. The smallest absolute Gasteiger partial charge is 0.143 e. The highest BCUT2D eigenvalue weighted by molar-refractivity contribution is 5.87. The van der Waals surface area contributed by atoms with Gasteiger partial charge in [0, 0.05) is 37.0 Å². The molecule has 102 valence electrons. The van der Waals surface area contributed by atoms with Crippen LogP contribution in [0.25, 0.3) is 11.0 Å². The second kappa shape index (κ2) is 4.06. The lowest BCUT2D eigenvalue weighted by molar-refractivity contribution is 0.709. The quantitative estimate of drug-likeness (QED) is 0.706. The van der Waals surface area contributed by atoms with E-state index in [1.54, 1.807) is 0 Å². The van der Waals surface area contributed by atoms with Crippen molar-refractivity contribution >= 4 is 16.9 Å². The minimum atomic E-state index is 0.796. The van der Waals surface area contributed by atoms with Crippen LogP contribution >= 0.6 is 0 Å². The number of rotatable bonds is 1. The van der Waals surface area contributed by atoms with Crippen LogP contribution in [-0.2, 0) is 13.0 Å². The lowest BCUT2D eigenvalue weighted by Crippen LogP contribution is -2.31. The molecule has 6 heteroatoms. The molecule has 6 nitrogen and oxygen atoms in total. The van der Waals surface area contributed by atoms with Crippen LogP contribution < -0.4 is 4.90 Å². The molecule has 0 fully saturated rings. The number of aromatic amines is 2. The number of nitrogens with one attached hydrogen (secondary N) is 2. The Kier molecular flexibility index (Phi) is 2.33. The van der Waals surface area contributed by atoms with E-state index in [1.807, 2.05) is 19.2 Å². The van der Waals surface area contributed by atoms with Crippen LogP contribution in [0.15, 0.2) is 12.3 Å². The molecular weight excluding hydrogens is 252 g/mol. The topological polar surface area (TPSA) is 73.5 Å². The van der Waals surface area contributed by atoms with Crippen molar-refractivity contribution in [2.45, 2.75) is 26.8 Å². The third-order valence-corrected chi connectivity index (χ3v) is 3.93. The zero-order valence-corrected chi connectivity index (χ0v) is 11.6. The maximum absolute atomic E-state index is 4.65. The number of fused-ring (bicyclic) bond motifs is 2. The first-order valence-electron chi connectivity index (χ1n) is 6.82. The average molecular weight is 268 g/mol. The van der Waals surface area contributed by atoms with Gasteiger partial charge in [-0.05, 0) is 19.9 Å². The van der Waals surface area contributed by atoms with Gasteiger partial charge in [-0.25, -0.2) is 9.97 Å². The molecule has 1 aliphatic rings. The number of hydrogen-bond donors (Lipinski definition) is 2. The van der Waals surface area contributed by atoms with E-state index >= 15 is 0 Å². The van der Waals surface area contributed by atoms with Gasteiger partial charge in [0.25, 0.3) is 0 Å². The van der Waals surface area contributed by atoms with Gasteiger partial charge in [0.05, 0.1) is 11.1 Å². The summed E-state index contributed by atoms with van der Waals surface area (Å²) in [5.74, 6) is 1.81. The number of nitrogens with zero attached hydrogens (tertiary/aromatic N) is 4. The Balaban J connectivity index is 1.81. The standard InChI is InChI=1S/C14H16N6/c1-8-11-7-20(6-4-12(11)19-18-8)14-10-3-5-15-13(10)16-9(2)17-14/h3,5H,4,6-7H2,1-2H3,(H,18,19)(H,15,16,17). The van der Waals surface area contributed by atoms with E-state index in [9.17, 15) is 0 Å². The molecule has 3 aromatic heterocycles. The minimum absolute atomic E-state index is 0.796. The maximum Gasteiger partial charge on any atom is 0.143 e. The first-order chi connectivity index (χ1) is 9.72. The molecule has 0 aliphatic carbocycles. The number of H-pyrrole nitrogens is 2. The van der Waals surface area contributed by atoms with Gasteiger partial charge < -0.3 is 9.88 Å². The molecule has 2 N–H and O–H groups in total. The molecule has 0 saturated heterocycles. The van der Waals surface area contributed by atoms with Gasteiger partial charge in [-0.2, -0.15) is 5.10 Å². The summed E-state index contributed by atoms with van der Waals surface area (Å²) in [7, 11) is 0. The Labute approximate surface area is 116 Å². The summed E-state index contributed by atoms with van der Waals surface area (Å²) >= 11 is 0. The van der Waals surface area contributed by atoms with Gasteiger partial charge in [0.1, 0.15) is 17.3 Å². The Morgan fingerprint density at radius 3 is 3.05 bits per heavy atom. The summed E-state index contributed by atoms with van der Waals surface area (Å²) in [6.07, 6.45) is 2.87. The highest BCUT2D eigenvalue weighted by atomic mass is 15.2. The molecule has 0 radical (unpaired) electrons. The highest BCUT2D eigenvalue weighted by Gasteiger charge is 2.23. The predicted molar refractivity (Wildman–Crippen MR) is 76.7 cm³/mol. The molecule has 0 spiro atoms. The molecule has 0 aromatic carbocycles. The van der Waals surface area contributed by atoms with E-state index in [-0.39, 0.29) is 0 Å². The predicted octanol–water partition coefficient (Wildman–Crippen LogP) is 1.86. The van der Waals surface area contributed by atoms with Crippen molar-refractivity contribution in [1.29, 1.82) is 0 Å². The fourth-order valence-corrected chi connectivity index (χ4v) is 2.89. The van der Waals surface area contributed by atoms with Gasteiger partial charge in [-0.1, -0.05) is 0 Å². The van der Waals surface area contributed by atoms with Crippen molar-refractivity contribution in [1.82, 2.24) is 25.1 Å². The SMILES string of the molecule is Cc1nc(N2CCc3n[nH]c(C)c3C2)c2cc[nH]c2n1. The Bertz CT molecular complexity index is 784. The van der Waals surface area contributed by atoms with Crippen LogP contribution in [0.1, 0.15) is 22.8 Å². The van der Waals surface area contributed by atoms with E-state index in [2.05, 4.69) is 37.0 Å². The Hall–Kier alpha value is -2.37. The summed E-state index contributed by atoms with van der Waals surface area (Å²) < 4.78 is 0. The largest absolute Gasteiger partial charge is 0.351 e. The third-order valence-electron chi connectivity index (χ3n) is 3.93.